The van der Waals surface area contributed by atoms with Crippen LogP contribution in [0.4, 0.5) is 0 Å². The van der Waals surface area contributed by atoms with E-state index in [0.717, 1.165) is 38.9 Å². The van der Waals surface area contributed by atoms with Gasteiger partial charge < -0.3 is 0 Å². The first-order chi connectivity index (χ1) is 7.39. The van der Waals surface area contributed by atoms with E-state index in [4.69, 9.17) is 0 Å². The van der Waals surface area contributed by atoms with Crippen molar-refractivity contribution in [1.82, 2.24) is 4.90 Å². The third-order valence-corrected chi connectivity index (χ3v) is 3.88. The smallest absolute Gasteiger partial charge is 0.212 e. The molecule has 4 nitrogen and oxygen atoms in total. The molecule has 0 saturated carbocycles. The Balaban J connectivity index is 4.53. The van der Waals surface area contributed by atoms with Crippen LogP contribution in [-0.2, 0) is 0 Å². The maximum absolute atomic E-state index is 3.59. The normalized spacial score (nSPS) is 14.5. The van der Waals surface area contributed by atoms with Crippen LogP contribution in [0.1, 0.15) is 0 Å². The molecule has 0 rings (SSSR count). The number of quaternary nitrogens is 3. The zero-order chi connectivity index (χ0) is 13.9. The molecule has 0 saturated heterocycles. The molecule has 0 fully saturated rings. The molecule has 0 aromatic carbocycles. The van der Waals surface area contributed by atoms with Gasteiger partial charge in [-0.15, -0.1) is 0 Å². The van der Waals surface area contributed by atoms with E-state index in [2.05, 4.69) is 77.2 Å². The van der Waals surface area contributed by atoms with Crippen LogP contribution in [0.15, 0.2) is 0 Å². The number of rotatable bonds is 7. The fraction of sp³-hybridized carbons (Fsp3) is 1.00. The molecule has 0 aromatic heterocycles. The largest absolute Gasteiger partial charge is 0.273 e. The van der Waals surface area contributed by atoms with Crippen molar-refractivity contribution in [2.75, 3.05) is 81.8 Å². The highest BCUT2D eigenvalue weighted by Crippen LogP contribution is 2.12. The van der Waals surface area contributed by atoms with E-state index in [1.807, 2.05) is 0 Å². The predicted molar refractivity (Wildman–Crippen MR) is 78.4 cm³/mol. The maximum Gasteiger partial charge on any atom is 0.212 e. The van der Waals surface area contributed by atoms with Crippen LogP contribution in [0, 0.1) is 0 Å². The van der Waals surface area contributed by atoms with Gasteiger partial charge in [-0.2, -0.15) is 0 Å². The van der Waals surface area contributed by atoms with Crippen LogP contribution < -0.4 is 0 Å². The first-order valence-corrected chi connectivity index (χ1v) is 7.18. The molecular weight excluding hydrogens is 280 g/mol. The average Bonchev–Trinajstić information content (AvgIpc) is 1.96. The molecule has 0 aliphatic rings. The van der Waals surface area contributed by atoms with Gasteiger partial charge in [-0.3, -0.25) is 13.9 Å². The Kier molecular flexibility index (Phi) is 6.09. The maximum atomic E-state index is 3.59. The second-order valence-corrected chi connectivity index (χ2v) is 7.93. The summed E-state index contributed by atoms with van der Waals surface area (Å²) in [4.78, 5) is 2.25. The van der Waals surface area contributed by atoms with Gasteiger partial charge in [-0.1, -0.05) is 0 Å². The van der Waals surface area contributed by atoms with Crippen LogP contribution >= 0.6 is 15.9 Å². The van der Waals surface area contributed by atoms with E-state index < -0.39 is 0 Å². The SMILES string of the molecule is CN(C)C[N+](C)(C)C[N+](C)(C)C[N+](C)(C)CBr. The minimum atomic E-state index is 0.995. The van der Waals surface area contributed by atoms with Crippen LogP contribution in [0.25, 0.3) is 0 Å². The number of nitrogens with zero attached hydrogens (tertiary/aromatic N) is 4. The lowest BCUT2D eigenvalue weighted by molar-refractivity contribution is -1.14. The van der Waals surface area contributed by atoms with Gasteiger partial charge in [0.1, 0.15) is 12.1 Å². The molecule has 0 bridgehead atoms. The van der Waals surface area contributed by atoms with Crippen molar-refractivity contribution in [3.8, 4) is 0 Å². The van der Waals surface area contributed by atoms with Gasteiger partial charge in [-0.25, -0.2) is 4.48 Å². The summed E-state index contributed by atoms with van der Waals surface area (Å²) in [6.45, 7) is 3.33. The van der Waals surface area contributed by atoms with E-state index in [9.17, 15) is 0 Å². The Bertz CT molecular complexity index is 237. The molecule has 0 aliphatic heterocycles. The molecular formula is C12H32BrN4+3. The van der Waals surface area contributed by atoms with Crippen molar-refractivity contribution >= 4 is 15.9 Å². The van der Waals surface area contributed by atoms with Crippen LogP contribution in [0.2, 0.25) is 0 Å². The van der Waals surface area contributed by atoms with E-state index in [0.29, 0.717) is 0 Å². The molecule has 17 heavy (non-hydrogen) atoms. The summed E-state index contributed by atoms with van der Waals surface area (Å²) in [5.74, 6) is 0. The molecule has 0 spiro atoms. The van der Waals surface area contributed by atoms with Crippen molar-refractivity contribution in [3.05, 3.63) is 0 Å². The Morgan fingerprint density at radius 1 is 0.765 bits per heavy atom. The molecule has 0 radical (unpaired) electrons. The quantitative estimate of drug-likeness (QED) is 0.293. The second kappa shape index (κ2) is 5.97. The van der Waals surface area contributed by atoms with Crippen molar-refractivity contribution in [3.63, 3.8) is 0 Å². The topological polar surface area (TPSA) is 3.24 Å². The minimum absolute atomic E-state index is 0.995. The van der Waals surface area contributed by atoms with E-state index in [1.54, 1.807) is 0 Å². The van der Waals surface area contributed by atoms with Crippen LogP contribution in [0.5, 0.6) is 0 Å². The van der Waals surface area contributed by atoms with Crippen molar-refractivity contribution in [2.24, 2.45) is 0 Å². The van der Waals surface area contributed by atoms with Crippen molar-refractivity contribution < 1.29 is 13.4 Å². The molecule has 0 heterocycles. The molecule has 0 amide bonds. The summed E-state index contributed by atoms with van der Waals surface area (Å²) in [5, 5.41) is 0. The zero-order valence-electron chi connectivity index (χ0n) is 13.0. The molecule has 0 atom stereocenters. The monoisotopic (exact) mass is 311 g/mol. The van der Waals surface area contributed by atoms with Gasteiger partial charge in [0, 0.05) is 0 Å². The molecule has 0 aliphatic carbocycles. The number of alkyl halides is 1. The molecule has 0 aromatic rings. The fourth-order valence-corrected chi connectivity index (χ4v) is 3.12. The van der Waals surface area contributed by atoms with Gasteiger partial charge in [0.25, 0.3) is 0 Å². The molecule has 0 unspecified atom stereocenters. The van der Waals surface area contributed by atoms with Crippen molar-refractivity contribution in [2.45, 2.75) is 0 Å². The van der Waals surface area contributed by atoms with Crippen LogP contribution in [-0.4, -0.2) is 100 Å². The summed E-state index contributed by atoms with van der Waals surface area (Å²) in [6.07, 6.45) is 0. The van der Waals surface area contributed by atoms with Crippen molar-refractivity contribution in [1.29, 1.82) is 0 Å². The molecule has 104 valence electrons. The highest BCUT2D eigenvalue weighted by atomic mass is 79.9. The summed E-state index contributed by atoms with van der Waals surface area (Å²) >= 11 is 3.59. The predicted octanol–water partition coefficient (Wildman–Crippen LogP) is 1.00. The summed E-state index contributed by atoms with van der Waals surface area (Å²) < 4.78 is 3.04. The summed E-state index contributed by atoms with van der Waals surface area (Å²) in [7, 11) is 18.0. The average molecular weight is 312 g/mol. The standard InChI is InChI=1S/C12H32BrN4/c1-14(2)10-16(5,6)12-17(7,8)11-15(3,4)9-13/h9-12H2,1-8H3/q+3. The van der Waals surface area contributed by atoms with Gasteiger partial charge in [-0.05, 0) is 30.0 Å². The Morgan fingerprint density at radius 3 is 1.53 bits per heavy atom. The second-order valence-electron chi connectivity index (χ2n) is 7.43. The van der Waals surface area contributed by atoms with E-state index in [1.165, 1.54) is 0 Å². The number of hydrogen-bond donors (Lipinski definition) is 0. The lowest BCUT2D eigenvalue weighted by Gasteiger charge is -2.42. The molecule has 5 heteroatoms. The van der Waals surface area contributed by atoms with Gasteiger partial charge in [0.15, 0.2) is 0 Å². The molecule has 0 N–H and O–H groups in total. The Hall–Kier alpha value is 0.320. The fourth-order valence-electron chi connectivity index (χ4n) is 2.97. The zero-order valence-corrected chi connectivity index (χ0v) is 14.6. The minimum Gasteiger partial charge on any atom is -0.273 e. The first-order valence-electron chi connectivity index (χ1n) is 6.06. The van der Waals surface area contributed by atoms with Gasteiger partial charge >= 0.3 is 0 Å². The highest BCUT2D eigenvalue weighted by Gasteiger charge is 2.33. The van der Waals surface area contributed by atoms with Crippen LogP contribution in [0.3, 0.4) is 0 Å². The lowest BCUT2D eigenvalue weighted by atomic mass is 10.5. The van der Waals surface area contributed by atoms with E-state index >= 15 is 0 Å². The van der Waals surface area contributed by atoms with Gasteiger partial charge in [0.2, 0.25) is 13.3 Å². The third kappa shape index (κ3) is 8.11. The third-order valence-electron chi connectivity index (χ3n) is 2.52. The van der Waals surface area contributed by atoms with Gasteiger partial charge in [0.05, 0.1) is 42.3 Å². The lowest BCUT2D eigenvalue weighted by Crippen LogP contribution is -2.63. The number of hydrogen-bond acceptors (Lipinski definition) is 1. The first kappa shape index (κ1) is 17.3. The highest BCUT2D eigenvalue weighted by molar-refractivity contribution is 9.09. The van der Waals surface area contributed by atoms with E-state index in [-0.39, 0.29) is 0 Å². The number of halogens is 1. The Labute approximate surface area is 116 Å². The summed E-state index contributed by atoms with van der Waals surface area (Å²) in [6, 6.07) is 0. The Morgan fingerprint density at radius 2 is 1.18 bits per heavy atom. The summed E-state index contributed by atoms with van der Waals surface area (Å²) in [5.41, 5.74) is 0.996.